The molecule has 0 spiro atoms. The van der Waals surface area contributed by atoms with Crippen LogP contribution in [0.2, 0.25) is 0 Å². The van der Waals surface area contributed by atoms with E-state index in [-0.39, 0.29) is 32.3 Å². The SMILES string of the molecule is CCCCC=CCCCCCCCC(=O)O[C@H](COC=CCCCCCCC=CCCCCCCCC)COP(=O)(O)OCCN. The maximum atomic E-state index is 12.5. The minimum absolute atomic E-state index is 0.0238. The average Bonchev–Trinajstić information content (AvgIpc) is 3.04. The number of unbranched alkanes of at least 4 members (excludes halogenated alkanes) is 18. The van der Waals surface area contributed by atoms with Crippen LogP contribution in [0.4, 0.5) is 0 Å². The van der Waals surface area contributed by atoms with E-state index < -0.39 is 13.9 Å². The van der Waals surface area contributed by atoms with Crippen LogP contribution in [-0.4, -0.2) is 43.3 Å². The van der Waals surface area contributed by atoms with Crippen LogP contribution in [0.15, 0.2) is 36.6 Å². The number of carbonyl (C=O) groups excluding carboxylic acids is 1. The minimum atomic E-state index is -4.29. The molecule has 0 rings (SSSR count). The Bertz CT molecular complexity index is 803. The number of carbonyl (C=O) groups is 1. The van der Waals surface area contributed by atoms with E-state index in [0.29, 0.717) is 6.42 Å². The fourth-order valence-electron chi connectivity index (χ4n) is 4.82. The van der Waals surface area contributed by atoms with E-state index in [0.717, 1.165) is 51.4 Å². The van der Waals surface area contributed by atoms with Gasteiger partial charge in [0, 0.05) is 13.0 Å². The van der Waals surface area contributed by atoms with Gasteiger partial charge in [-0.3, -0.25) is 13.8 Å². The first kappa shape index (κ1) is 44.6. The number of hydrogen-bond acceptors (Lipinski definition) is 7. The van der Waals surface area contributed by atoms with Gasteiger partial charge in [-0.05, 0) is 70.3 Å². The fraction of sp³-hybridized carbons (Fsp3) is 0.811. The van der Waals surface area contributed by atoms with Crippen LogP contribution in [0, 0.1) is 0 Å². The highest BCUT2D eigenvalue weighted by Gasteiger charge is 2.25. The molecule has 8 nitrogen and oxygen atoms in total. The third-order valence-electron chi connectivity index (χ3n) is 7.59. The molecule has 0 aromatic carbocycles. The number of hydrogen-bond donors (Lipinski definition) is 2. The number of ether oxygens (including phenoxy) is 2. The van der Waals surface area contributed by atoms with Crippen molar-refractivity contribution in [1.29, 1.82) is 0 Å². The van der Waals surface area contributed by atoms with Crippen LogP contribution < -0.4 is 5.73 Å². The van der Waals surface area contributed by atoms with Gasteiger partial charge < -0.3 is 20.1 Å². The first-order chi connectivity index (χ1) is 22.4. The van der Waals surface area contributed by atoms with E-state index in [1.54, 1.807) is 6.26 Å². The van der Waals surface area contributed by atoms with Crippen molar-refractivity contribution in [1.82, 2.24) is 0 Å². The van der Waals surface area contributed by atoms with E-state index in [2.05, 4.69) is 38.2 Å². The van der Waals surface area contributed by atoms with Gasteiger partial charge in [0.25, 0.3) is 0 Å². The Morgan fingerprint density at radius 2 is 1.13 bits per heavy atom. The van der Waals surface area contributed by atoms with E-state index >= 15 is 0 Å². The molecule has 0 amide bonds. The summed E-state index contributed by atoms with van der Waals surface area (Å²) < 4.78 is 33.0. The van der Waals surface area contributed by atoms with Crippen LogP contribution >= 0.6 is 7.82 Å². The Labute approximate surface area is 282 Å². The molecule has 2 atom stereocenters. The lowest BCUT2D eigenvalue weighted by Crippen LogP contribution is -2.27. The van der Waals surface area contributed by atoms with Gasteiger partial charge in [-0.15, -0.1) is 0 Å². The van der Waals surface area contributed by atoms with Crippen LogP contribution in [-0.2, 0) is 27.9 Å². The first-order valence-electron chi connectivity index (χ1n) is 18.5. The summed E-state index contributed by atoms with van der Waals surface area (Å²) in [6.07, 6.45) is 38.2. The predicted octanol–water partition coefficient (Wildman–Crippen LogP) is 10.6. The molecule has 0 fully saturated rings. The van der Waals surface area contributed by atoms with Crippen molar-refractivity contribution in [3.8, 4) is 0 Å². The standard InChI is InChI=1S/C37H70NO7P/c1-3-5-7-9-11-13-15-16-17-18-19-21-23-25-27-29-32-42-34-36(35-44-46(40,41)43-33-31-38)45-37(39)30-28-26-24-22-20-14-12-10-8-6-4-2/h10,12,16-17,29,32,36H,3-9,11,13-15,18-28,30-31,33-35,38H2,1-2H3,(H,40,41)/t36-/m1/s1. The highest BCUT2D eigenvalue weighted by molar-refractivity contribution is 7.47. The van der Waals surface area contributed by atoms with Crippen molar-refractivity contribution in [3.05, 3.63) is 36.6 Å². The van der Waals surface area contributed by atoms with E-state index in [4.69, 9.17) is 24.3 Å². The molecule has 270 valence electrons. The molecular formula is C37H70NO7P. The quantitative estimate of drug-likeness (QED) is 0.0225. The zero-order chi connectivity index (χ0) is 33.8. The molecule has 0 heterocycles. The zero-order valence-corrected chi connectivity index (χ0v) is 30.4. The summed E-state index contributed by atoms with van der Waals surface area (Å²) in [7, 11) is -4.29. The second-order valence-electron chi connectivity index (χ2n) is 12.1. The Kier molecular flexibility index (Phi) is 33.8. The predicted molar refractivity (Wildman–Crippen MR) is 192 cm³/mol. The van der Waals surface area contributed by atoms with Crippen molar-refractivity contribution in [2.75, 3.05) is 26.4 Å². The molecule has 0 aliphatic rings. The fourth-order valence-corrected chi connectivity index (χ4v) is 5.58. The minimum Gasteiger partial charge on any atom is -0.498 e. The molecule has 0 aliphatic heterocycles. The molecule has 0 saturated carbocycles. The van der Waals surface area contributed by atoms with Crippen molar-refractivity contribution >= 4 is 13.8 Å². The van der Waals surface area contributed by atoms with Crippen LogP contribution in [0.3, 0.4) is 0 Å². The molecule has 0 saturated heterocycles. The Balaban J connectivity index is 4.18. The molecule has 0 aromatic rings. The third kappa shape index (κ3) is 33.9. The maximum absolute atomic E-state index is 12.5. The second-order valence-corrected chi connectivity index (χ2v) is 13.6. The van der Waals surface area contributed by atoms with Gasteiger partial charge in [-0.2, -0.15) is 0 Å². The van der Waals surface area contributed by atoms with Crippen LogP contribution in [0.25, 0.3) is 0 Å². The Morgan fingerprint density at radius 3 is 1.67 bits per heavy atom. The smallest absolute Gasteiger partial charge is 0.472 e. The summed E-state index contributed by atoms with van der Waals surface area (Å²) in [4.78, 5) is 22.3. The third-order valence-corrected chi connectivity index (χ3v) is 8.58. The summed E-state index contributed by atoms with van der Waals surface area (Å²) >= 11 is 0. The van der Waals surface area contributed by atoms with Gasteiger partial charge >= 0.3 is 13.8 Å². The second kappa shape index (κ2) is 34.9. The van der Waals surface area contributed by atoms with Crippen LogP contribution in [0.1, 0.15) is 162 Å². The summed E-state index contributed by atoms with van der Waals surface area (Å²) in [5.41, 5.74) is 5.34. The van der Waals surface area contributed by atoms with Crippen molar-refractivity contribution in [3.63, 3.8) is 0 Å². The molecular weight excluding hydrogens is 601 g/mol. The van der Waals surface area contributed by atoms with Gasteiger partial charge in [0.05, 0.1) is 19.5 Å². The number of phosphoric acid groups is 1. The van der Waals surface area contributed by atoms with E-state index in [1.165, 1.54) is 89.9 Å². The monoisotopic (exact) mass is 671 g/mol. The molecule has 9 heteroatoms. The number of allylic oxidation sites excluding steroid dienone is 5. The normalized spacial score (nSPS) is 14.0. The van der Waals surface area contributed by atoms with Gasteiger partial charge in [0.1, 0.15) is 6.61 Å². The first-order valence-corrected chi connectivity index (χ1v) is 20.0. The topological polar surface area (TPSA) is 117 Å². The Morgan fingerprint density at radius 1 is 0.652 bits per heavy atom. The molecule has 1 unspecified atom stereocenters. The van der Waals surface area contributed by atoms with Crippen molar-refractivity contribution < 1.29 is 32.8 Å². The Hall–Kier alpha value is -1.44. The summed E-state index contributed by atoms with van der Waals surface area (Å²) in [5, 5.41) is 0. The lowest BCUT2D eigenvalue weighted by Gasteiger charge is -2.19. The number of rotatable bonds is 35. The molecule has 46 heavy (non-hydrogen) atoms. The summed E-state index contributed by atoms with van der Waals surface area (Å²) in [6.45, 7) is 4.16. The largest absolute Gasteiger partial charge is 0.498 e. The van der Waals surface area contributed by atoms with Gasteiger partial charge in [0.15, 0.2) is 6.10 Å². The number of phosphoric ester groups is 1. The van der Waals surface area contributed by atoms with Gasteiger partial charge in [0.2, 0.25) is 0 Å². The van der Waals surface area contributed by atoms with E-state index in [1.807, 2.05) is 6.08 Å². The summed E-state index contributed by atoms with van der Waals surface area (Å²) in [6, 6.07) is 0. The molecule has 0 bridgehead atoms. The number of nitrogens with two attached hydrogens (primary N) is 1. The van der Waals surface area contributed by atoms with Crippen molar-refractivity contribution in [2.45, 2.75) is 168 Å². The zero-order valence-electron chi connectivity index (χ0n) is 29.6. The van der Waals surface area contributed by atoms with Gasteiger partial charge in [-0.25, -0.2) is 4.57 Å². The number of esters is 1. The maximum Gasteiger partial charge on any atom is 0.472 e. The molecule has 0 aromatic heterocycles. The summed E-state index contributed by atoms with van der Waals surface area (Å²) in [5.74, 6) is -0.368. The molecule has 0 radical (unpaired) electrons. The highest BCUT2D eigenvalue weighted by Crippen LogP contribution is 2.43. The van der Waals surface area contributed by atoms with Gasteiger partial charge in [-0.1, -0.05) is 115 Å². The highest BCUT2D eigenvalue weighted by atomic mass is 31.2. The van der Waals surface area contributed by atoms with E-state index in [9.17, 15) is 14.3 Å². The van der Waals surface area contributed by atoms with Crippen LogP contribution in [0.5, 0.6) is 0 Å². The average molecular weight is 672 g/mol. The lowest BCUT2D eigenvalue weighted by molar-refractivity contribution is -0.153. The molecule has 0 aliphatic carbocycles. The molecule has 3 N–H and O–H groups in total. The lowest BCUT2D eigenvalue weighted by atomic mass is 10.1. The van der Waals surface area contributed by atoms with Crippen molar-refractivity contribution in [2.24, 2.45) is 5.73 Å².